The number of nitrogens with one attached hydrogen (secondary N) is 4. The number of piperazine rings is 1. The number of pyridine rings is 1. The molecule has 0 spiro atoms. The molecule has 1 fully saturated rings. The standard InChI is InChI=1S/C26H31N9O2/c1-5-24(36)31-20-13-21(23(37-4)14-22(20)35-10-8-34(3)9-11-35)33-26-29-7-6-19(32-26)18-12-17(15-27)25(28-2)30-16-18/h5-7,12-16,27H,1,8-11H2,2-4H3,(H,28,30)(H,31,36)(H,29,32,33). The Hall–Kier alpha value is -4.51. The maximum Gasteiger partial charge on any atom is 0.247 e. The normalized spacial score (nSPS) is 13.5. The highest BCUT2D eigenvalue weighted by molar-refractivity contribution is 6.02. The Balaban J connectivity index is 1.68. The Kier molecular flexibility index (Phi) is 7.94. The molecule has 4 rings (SSSR count). The van der Waals surface area contributed by atoms with Gasteiger partial charge in [0.25, 0.3) is 0 Å². The summed E-state index contributed by atoms with van der Waals surface area (Å²) in [4.78, 5) is 30.1. The second-order valence-corrected chi connectivity index (χ2v) is 8.50. The van der Waals surface area contributed by atoms with E-state index in [0.29, 0.717) is 40.1 Å². The number of hydrogen-bond acceptors (Lipinski definition) is 10. The molecule has 11 heteroatoms. The van der Waals surface area contributed by atoms with Crippen LogP contribution in [-0.4, -0.2) is 79.4 Å². The molecule has 3 aromatic rings. The van der Waals surface area contributed by atoms with Gasteiger partial charge in [0.05, 0.1) is 29.9 Å². The number of benzene rings is 1. The minimum atomic E-state index is -0.302. The summed E-state index contributed by atoms with van der Waals surface area (Å²) in [7, 11) is 5.45. The highest BCUT2D eigenvalue weighted by Crippen LogP contribution is 2.38. The molecule has 0 unspecified atom stereocenters. The fourth-order valence-corrected chi connectivity index (χ4v) is 4.07. The van der Waals surface area contributed by atoms with E-state index in [-0.39, 0.29) is 5.91 Å². The number of rotatable bonds is 9. The van der Waals surface area contributed by atoms with Gasteiger partial charge in [0.1, 0.15) is 11.6 Å². The van der Waals surface area contributed by atoms with E-state index in [4.69, 9.17) is 10.1 Å². The zero-order valence-electron chi connectivity index (χ0n) is 21.2. The van der Waals surface area contributed by atoms with Crippen LogP contribution in [0.1, 0.15) is 5.56 Å². The van der Waals surface area contributed by atoms with Crippen LogP contribution < -0.4 is 25.6 Å². The molecule has 0 bridgehead atoms. The topological polar surface area (TPSA) is 131 Å². The van der Waals surface area contributed by atoms with E-state index in [1.807, 2.05) is 18.2 Å². The van der Waals surface area contributed by atoms with Gasteiger partial charge in [-0.2, -0.15) is 0 Å². The van der Waals surface area contributed by atoms with Crippen molar-refractivity contribution < 1.29 is 9.53 Å². The van der Waals surface area contributed by atoms with E-state index in [0.717, 1.165) is 37.4 Å². The molecule has 1 amide bonds. The molecule has 11 nitrogen and oxygen atoms in total. The van der Waals surface area contributed by atoms with Crippen molar-refractivity contribution in [2.24, 2.45) is 0 Å². The van der Waals surface area contributed by atoms with Crippen molar-refractivity contribution in [3.05, 3.63) is 54.9 Å². The van der Waals surface area contributed by atoms with Gasteiger partial charge in [-0.3, -0.25) is 4.79 Å². The first-order valence-corrected chi connectivity index (χ1v) is 11.8. The van der Waals surface area contributed by atoms with Crippen molar-refractivity contribution in [1.82, 2.24) is 19.9 Å². The summed E-state index contributed by atoms with van der Waals surface area (Å²) < 4.78 is 5.70. The molecule has 2 aromatic heterocycles. The summed E-state index contributed by atoms with van der Waals surface area (Å²) in [5.74, 6) is 1.25. The number of carbonyl (C=O) groups is 1. The van der Waals surface area contributed by atoms with Crippen LogP contribution in [-0.2, 0) is 4.79 Å². The first-order valence-electron chi connectivity index (χ1n) is 11.8. The molecule has 0 radical (unpaired) electrons. The predicted octanol–water partition coefficient (Wildman–Crippen LogP) is 3.21. The smallest absolute Gasteiger partial charge is 0.247 e. The Bertz CT molecular complexity index is 1300. The third-order valence-corrected chi connectivity index (χ3v) is 6.11. The van der Waals surface area contributed by atoms with Crippen molar-refractivity contribution in [3.63, 3.8) is 0 Å². The fourth-order valence-electron chi connectivity index (χ4n) is 4.07. The van der Waals surface area contributed by atoms with Crippen molar-refractivity contribution in [2.75, 3.05) is 68.2 Å². The second-order valence-electron chi connectivity index (χ2n) is 8.50. The Morgan fingerprint density at radius 3 is 2.62 bits per heavy atom. The maximum atomic E-state index is 12.2. The molecule has 3 heterocycles. The molecular weight excluding hydrogens is 470 g/mol. The summed E-state index contributed by atoms with van der Waals surface area (Å²) >= 11 is 0. The van der Waals surface area contributed by atoms with Crippen molar-refractivity contribution in [3.8, 4) is 17.0 Å². The van der Waals surface area contributed by atoms with Gasteiger partial charge in [-0.1, -0.05) is 6.58 Å². The molecule has 0 atom stereocenters. The number of carbonyl (C=O) groups excluding carboxylic acids is 1. The van der Waals surface area contributed by atoms with Crippen LogP contribution in [0.4, 0.5) is 28.8 Å². The Labute approximate surface area is 216 Å². The third kappa shape index (κ3) is 5.84. The Morgan fingerprint density at radius 1 is 1.16 bits per heavy atom. The van der Waals surface area contributed by atoms with Gasteiger partial charge >= 0.3 is 0 Å². The van der Waals surface area contributed by atoms with Crippen LogP contribution in [0.2, 0.25) is 0 Å². The van der Waals surface area contributed by atoms with Crippen LogP contribution in [0.3, 0.4) is 0 Å². The number of likely N-dealkylation sites (N-methyl/N-ethyl adjacent to an activating group) is 1. The van der Waals surface area contributed by atoms with Crippen molar-refractivity contribution >= 4 is 41.0 Å². The van der Waals surface area contributed by atoms with Crippen LogP contribution in [0, 0.1) is 5.41 Å². The highest BCUT2D eigenvalue weighted by Gasteiger charge is 2.21. The first-order chi connectivity index (χ1) is 17.9. The molecular formula is C26H31N9O2. The number of hydrogen-bond donors (Lipinski definition) is 4. The minimum Gasteiger partial charge on any atom is -0.494 e. The van der Waals surface area contributed by atoms with Crippen molar-refractivity contribution in [2.45, 2.75) is 0 Å². The summed E-state index contributed by atoms with van der Waals surface area (Å²) in [6, 6.07) is 7.35. The van der Waals surface area contributed by atoms with E-state index in [1.54, 1.807) is 32.6 Å². The lowest BCUT2D eigenvalue weighted by molar-refractivity contribution is -0.111. The van der Waals surface area contributed by atoms with Gasteiger partial charge in [-0.15, -0.1) is 0 Å². The van der Waals surface area contributed by atoms with Gasteiger partial charge in [-0.25, -0.2) is 15.0 Å². The average molecular weight is 502 g/mol. The van der Waals surface area contributed by atoms with Gasteiger partial charge in [-0.05, 0) is 31.3 Å². The molecule has 1 aromatic carbocycles. The molecule has 1 aliphatic rings. The zero-order chi connectivity index (χ0) is 26.4. The lowest BCUT2D eigenvalue weighted by atomic mass is 10.1. The van der Waals surface area contributed by atoms with E-state index < -0.39 is 0 Å². The van der Waals surface area contributed by atoms with E-state index >= 15 is 0 Å². The largest absolute Gasteiger partial charge is 0.494 e. The SMILES string of the molecule is C=CC(=O)Nc1cc(Nc2nccc(-c3cnc(NC)c(C=N)c3)n2)c(OC)cc1N1CCN(C)CC1. The van der Waals surface area contributed by atoms with Crippen LogP contribution in [0.5, 0.6) is 5.75 Å². The summed E-state index contributed by atoms with van der Waals surface area (Å²) in [6.45, 7) is 7.07. The second kappa shape index (κ2) is 11.5. The molecule has 0 aliphatic carbocycles. The van der Waals surface area contributed by atoms with Crippen LogP contribution in [0.25, 0.3) is 11.3 Å². The molecule has 4 N–H and O–H groups in total. The van der Waals surface area contributed by atoms with Gasteiger partial charge < -0.3 is 35.9 Å². The van der Waals surface area contributed by atoms with Crippen molar-refractivity contribution in [1.29, 1.82) is 5.41 Å². The molecule has 0 saturated carbocycles. The lowest BCUT2D eigenvalue weighted by Gasteiger charge is -2.35. The van der Waals surface area contributed by atoms with E-state index in [9.17, 15) is 4.79 Å². The lowest BCUT2D eigenvalue weighted by Crippen LogP contribution is -2.44. The number of aromatic nitrogens is 3. The molecule has 1 saturated heterocycles. The maximum absolute atomic E-state index is 12.2. The zero-order valence-corrected chi connectivity index (χ0v) is 21.2. The quantitative estimate of drug-likeness (QED) is 0.258. The minimum absolute atomic E-state index is 0.302. The van der Waals surface area contributed by atoms with Gasteiger partial charge in [0.2, 0.25) is 11.9 Å². The first kappa shape index (κ1) is 25.6. The highest BCUT2D eigenvalue weighted by atomic mass is 16.5. The third-order valence-electron chi connectivity index (χ3n) is 6.11. The number of anilines is 5. The number of ether oxygens (including phenoxy) is 1. The van der Waals surface area contributed by atoms with Crippen LogP contribution >= 0.6 is 0 Å². The van der Waals surface area contributed by atoms with E-state index in [1.165, 1.54) is 12.3 Å². The fraction of sp³-hybridized carbons (Fsp3) is 0.269. The molecule has 1 aliphatic heterocycles. The van der Waals surface area contributed by atoms with Gasteiger partial charge in [0, 0.05) is 69.0 Å². The number of amides is 1. The number of methoxy groups -OCH3 is 1. The summed E-state index contributed by atoms with van der Waals surface area (Å²) in [5.41, 5.74) is 4.15. The monoisotopic (exact) mass is 501 g/mol. The van der Waals surface area contributed by atoms with Gasteiger partial charge in [0.15, 0.2) is 0 Å². The molecule has 192 valence electrons. The predicted molar refractivity (Wildman–Crippen MR) is 148 cm³/mol. The van der Waals surface area contributed by atoms with Crippen LogP contribution in [0.15, 0.2) is 49.3 Å². The summed E-state index contributed by atoms with van der Waals surface area (Å²) in [6.07, 6.45) is 5.83. The number of nitrogens with zero attached hydrogens (tertiary/aromatic N) is 5. The average Bonchev–Trinajstić information content (AvgIpc) is 2.93. The van der Waals surface area contributed by atoms with E-state index in [2.05, 4.69) is 54.3 Å². The Morgan fingerprint density at radius 2 is 1.95 bits per heavy atom. The molecule has 37 heavy (non-hydrogen) atoms. The summed E-state index contributed by atoms with van der Waals surface area (Å²) in [5, 5.41) is 16.8.